The minimum Gasteiger partial charge on any atom is -0.478 e. The lowest BCUT2D eigenvalue weighted by Crippen LogP contribution is -2.24. The quantitative estimate of drug-likeness (QED) is 0.523. The van der Waals surface area contributed by atoms with Crippen molar-refractivity contribution in [3.8, 4) is 0 Å². The number of carbonyl (C=O) groups is 2. The summed E-state index contributed by atoms with van der Waals surface area (Å²) in [6.07, 6.45) is 0. The Kier molecular flexibility index (Phi) is 5.20. The van der Waals surface area contributed by atoms with Gasteiger partial charge >= 0.3 is 11.9 Å². The fourth-order valence-electron chi connectivity index (χ4n) is 1.17. The molecule has 0 bridgehead atoms. The van der Waals surface area contributed by atoms with Crippen molar-refractivity contribution < 1.29 is 19.4 Å². The Labute approximate surface area is 120 Å². The van der Waals surface area contributed by atoms with Gasteiger partial charge in [-0.15, -0.1) is 0 Å². The van der Waals surface area contributed by atoms with E-state index in [0.717, 1.165) is 11.8 Å². The SMILES string of the molecule is CC(C)(C)OC(=O)CSc1cc(C(=O)O)cc(Cl)n1. The minimum atomic E-state index is -1.09. The number of carboxylic acids is 1. The van der Waals surface area contributed by atoms with Crippen LogP contribution in [0.15, 0.2) is 17.2 Å². The van der Waals surface area contributed by atoms with Crippen LogP contribution < -0.4 is 0 Å². The number of hydrogen-bond acceptors (Lipinski definition) is 5. The first-order valence-electron chi connectivity index (χ1n) is 5.43. The van der Waals surface area contributed by atoms with Crippen molar-refractivity contribution in [2.45, 2.75) is 31.4 Å². The van der Waals surface area contributed by atoms with Crippen LogP contribution in [-0.2, 0) is 9.53 Å². The number of carbonyl (C=O) groups excluding carboxylic acids is 1. The average Bonchev–Trinajstić information content (AvgIpc) is 2.23. The van der Waals surface area contributed by atoms with Gasteiger partial charge in [0.25, 0.3) is 0 Å². The molecule has 1 rings (SSSR count). The molecule has 0 spiro atoms. The highest BCUT2D eigenvalue weighted by Gasteiger charge is 2.17. The first kappa shape index (κ1) is 15.8. The first-order valence-corrected chi connectivity index (χ1v) is 6.79. The summed E-state index contributed by atoms with van der Waals surface area (Å²) < 4.78 is 5.13. The second kappa shape index (κ2) is 6.25. The lowest BCUT2D eigenvalue weighted by atomic mass is 10.2. The molecule has 0 saturated carbocycles. The molecule has 0 aliphatic carbocycles. The van der Waals surface area contributed by atoms with Crippen LogP contribution in [0.3, 0.4) is 0 Å². The zero-order valence-corrected chi connectivity index (χ0v) is 12.3. The van der Waals surface area contributed by atoms with E-state index in [9.17, 15) is 9.59 Å². The summed E-state index contributed by atoms with van der Waals surface area (Å²) >= 11 is 6.79. The highest BCUT2D eigenvalue weighted by atomic mass is 35.5. The Bertz CT molecular complexity index is 499. The fraction of sp³-hybridized carbons (Fsp3) is 0.417. The van der Waals surface area contributed by atoms with Gasteiger partial charge in [0.05, 0.1) is 16.3 Å². The van der Waals surface area contributed by atoms with Gasteiger partial charge in [-0.1, -0.05) is 23.4 Å². The van der Waals surface area contributed by atoms with Crippen LogP contribution in [0.2, 0.25) is 5.15 Å². The van der Waals surface area contributed by atoms with Crippen LogP contribution in [-0.4, -0.2) is 33.4 Å². The van der Waals surface area contributed by atoms with E-state index in [2.05, 4.69) is 4.98 Å². The summed E-state index contributed by atoms with van der Waals surface area (Å²) in [6.45, 7) is 5.32. The molecule has 104 valence electrons. The molecule has 1 heterocycles. The van der Waals surface area contributed by atoms with Crippen molar-refractivity contribution in [1.82, 2.24) is 4.98 Å². The molecule has 0 saturated heterocycles. The predicted octanol–water partition coefficient (Wildman–Crippen LogP) is 2.87. The zero-order valence-electron chi connectivity index (χ0n) is 10.8. The third kappa shape index (κ3) is 5.94. The molecule has 0 radical (unpaired) electrons. The Hall–Kier alpha value is -1.27. The van der Waals surface area contributed by atoms with E-state index in [1.807, 2.05) is 0 Å². The summed E-state index contributed by atoms with van der Waals surface area (Å²) in [6, 6.07) is 2.62. The van der Waals surface area contributed by atoms with Gasteiger partial charge < -0.3 is 9.84 Å². The molecule has 19 heavy (non-hydrogen) atoms. The summed E-state index contributed by atoms with van der Waals surface area (Å²) in [7, 11) is 0. The molecule has 5 nitrogen and oxygen atoms in total. The molecule has 0 amide bonds. The van der Waals surface area contributed by atoms with Crippen LogP contribution in [0, 0.1) is 0 Å². The number of rotatable bonds is 4. The number of esters is 1. The summed E-state index contributed by atoms with van der Waals surface area (Å²) in [4.78, 5) is 26.3. The third-order valence-electron chi connectivity index (χ3n) is 1.78. The molecular formula is C12H14ClNO4S. The smallest absolute Gasteiger partial charge is 0.335 e. The molecule has 0 aromatic carbocycles. The van der Waals surface area contributed by atoms with Crippen molar-refractivity contribution in [2.24, 2.45) is 0 Å². The molecule has 0 aliphatic rings. The standard InChI is InChI=1S/C12H14ClNO4S/c1-12(2,3)18-10(15)6-19-9-5-7(11(16)17)4-8(13)14-9/h4-5H,6H2,1-3H3,(H,16,17). The maximum Gasteiger partial charge on any atom is 0.335 e. The molecule has 0 fully saturated rings. The van der Waals surface area contributed by atoms with Crippen molar-refractivity contribution in [2.75, 3.05) is 5.75 Å². The number of halogens is 1. The summed E-state index contributed by atoms with van der Waals surface area (Å²) in [5.41, 5.74) is -0.516. The average molecular weight is 304 g/mol. The van der Waals surface area contributed by atoms with Gasteiger partial charge in [-0.2, -0.15) is 0 Å². The monoisotopic (exact) mass is 303 g/mol. The molecule has 1 aromatic heterocycles. The van der Waals surface area contributed by atoms with Gasteiger partial charge in [0.2, 0.25) is 0 Å². The third-order valence-corrected chi connectivity index (χ3v) is 2.85. The second-order valence-electron chi connectivity index (χ2n) is 4.70. The van der Waals surface area contributed by atoms with Crippen molar-refractivity contribution in [3.63, 3.8) is 0 Å². The van der Waals surface area contributed by atoms with Gasteiger partial charge in [-0.05, 0) is 32.9 Å². The van der Waals surface area contributed by atoms with Crippen molar-refractivity contribution in [3.05, 3.63) is 22.8 Å². The second-order valence-corrected chi connectivity index (χ2v) is 6.08. The number of ether oxygens (including phenoxy) is 1. The number of hydrogen-bond donors (Lipinski definition) is 1. The Balaban J connectivity index is 2.68. The highest BCUT2D eigenvalue weighted by Crippen LogP contribution is 2.21. The zero-order chi connectivity index (χ0) is 14.6. The van der Waals surface area contributed by atoms with E-state index < -0.39 is 17.5 Å². The van der Waals surface area contributed by atoms with E-state index in [1.54, 1.807) is 20.8 Å². The van der Waals surface area contributed by atoms with E-state index in [1.165, 1.54) is 12.1 Å². The topological polar surface area (TPSA) is 76.5 Å². The lowest BCUT2D eigenvalue weighted by molar-refractivity contribution is -0.151. The van der Waals surface area contributed by atoms with E-state index >= 15 is 0 Å². The largest absolute Gasteiger partial charge is 0.478 e. The first-order chi connectivity index (χ1) is 8.67. The van der Waals surface area contributed by atoms with E-state index in [0.29, 0.717) is 5.03 Å². The van der Waals surface area contributed by atoms with Gasteiger partial charge in [0.1, 0.15) is 10.8 Å². The van der Waals surface area contributed by atoms with Gasteiger partial charge in [0.15, 0.2) is 0 Å². The van der Waals surface area contributed by atoms with Crippen LogP contribution in [0.25, 0.3) is 0 Å². The molecule has 1 aromatic rings. The lowest BCUT2D eigenvalue weighted by Gasteiger charge is -2.19. The maximum absolute atomic E-state index is 11.5. The molecule has 0 unspecified atom stereocenters. The van der Waals surface area contributed by atoms with E-state index in [4.69, 9.17) is 21.4 Å². The minimum absolute atomic E-state index is 0.0340. The number of pyridine rings is 1. The Morgan fingerprint density at radius 1 is 1.42 bits per heavy atom. The predicted molar refractivity (Wildman–Crippen MR) is 72.8 cm³/mol. The Morgan fingerprint density at radius 3 is 2.58 bits per heavy atom. The van der Waals surface area contributed by atoms with Crippen LogP contribution >= 0.6 is 23.4 Å². The summed E-state index contributed by atoms with van der Waals surface area (Å²) in [5.74, 6) is -1.44. The van der Waals surface area contributed by atoms with Crippen LogP contribution in [0.1, 0.15) is 31.1 Å². The normalized spacial score (nSPS) is 11.2. The number of aromatic carboxylic acids is 1. The Morgan fingerprint density at radius 2 is 2.05 bits per heavy atom. The number of nitrogens with zero attached hydrogens (tertiary/aromatic N) is 1. The molecule has 1 N–H and O–H groups in total. The fourth-order valence-corrected chi connectivity index (χ4v) is 2.13. The van der Waals surface area contributed by atoms with Gasteiger partial charge in [-0.3, -0.25) is 4.79 Å². The van der Waals surface area contributed by atoms with Crippen LogP contribution in [0.4, 0.5) is 0 Å². The highest BCUT2D eigenvalue weighted by molar-refractivity contribution is 7.99. The number of aromatic nitrogens is 1. The van der Waals surface area contributed by atoms with Crippen LogP contribution in [0.5, 0.6) is 0 Å². The summed E-state index contributed by atoms with van der Waals surface area (Å²) in [5, 5.41) is 9.32. The van der Waals surface area contributed by atoms with E-state index in [-0.39, 0.29) is 16.5 Å². The molecule has 0 atom stereocenters. The maximum atomic E-state index is 11.5. The van der Waals surface area contributed by atoms with Gasteiger partial charge in [0, 0.05) is 0 Å². The number of thioether (sulfide) groups is 1. The molecule has 7 heteroatoms. The molecular weight excluding hydrogens is 290 g/mol. The van der Waals surface area contributed by atoms with Gasteiger partial charge in [-0.25, -0.2) is 9.78 Å². The number of carboxylic acid groups (broad SMARTS) is 1. The van der Waals surface area contributed by atoms with Crippen molar-refractivity contribution in [1.29, 1.82) is 0 Å². The molecule has 0 aliphatic heterocycles. The van der Waals surface area contributed by atoms with Crippen molar-refractivity contribution >= 4 is 35.3 Å².